The van der Waals surface area contributed by atoms with Crippen molar-refractivity contribution in [3.8, 4) is 5.75 Å². The van der Waals surface area contributed by atoms with Crippen molar-refractivity contribution in [1.29, 1.82) is 0 Å². The van der Waals surface area contributed by atoms with Crippen molar-refractivity contribution in [2.45, 2.75) is 62.6 Å². The van der Waals surface area contributed by atoms with Gasteiger partial charge in [-0.1, -0.05) is 6.07 Å². The van der Waals surface area contributed by atoms with Crippen molar-refractivity contribution in [3.63, 3.8) is 0 Å². The zero-order valence-corrected chi connectivity index (χ0v) is 22.6. The minimum Gasteiger partial charge on any atom is -0.491 e. The maximum Gasteiger partial charge on any atom is 0.254 e. The van der Waals surface area contributed by atoms with Crippen LogP contribution >= 0.6 is 0 Å². The molecule has 4 aliphatic rings. The van der Waals surface area contributed by atoms with Gasteiger partial charge in [0.05, 0.1) is 38.1 Å². The average molecular weight is 551 g/mol. The van der Waals surface area contributed by atoms with Crippen LogP contribution in [0.25, 0.3) is 0 Å². The van der Waals surface area contributed by atoms with Gasteiger partial charge in [-0.2, -0.15) is 0 Å². The summed E-state index contributed by atoms with van der Waals surface area (Å²) in [6.07, 6.45) is 3.04. The molecule has 0 spiro atoms. The molecule has 0 radical (unpaired) electrons. The van der Waals surface area contributed by atoms with Gasteiger partial charge in [0.2, 0.25) is 0 Å². The minimum absolute atomic E-state index is 0.00264. The monoisotopic (exact) mass is 550 g/mol. The van der Waals surface area contributed by atoms with E-state index in [1.807, 2.05) is 23.1 Å². The third-order valence-corrected chi connectivity index (χ3v) is 8.45. The van der Waals surface area contributed by atoms with Crippen LogP contribution in [0.15, 0.2) is 42.5 Å². The standard InChI is InChI=1S/C30H38N4O6/c35-28(27-11-21-8-9-25(10-22(21)12-32-27)39-17-26-13-31-18-40-26)14-33-29(36)19-4-6-20(7-5-19)30(37)34-23-2-1-3-24(34)16-38-15-23/h4-10,23-24,26-28,31-32,35H,1-3,11-18H2,(H,33,36)/t23?,24?,26?,27-,28+/m0/s1. The predicted molar refractivity (Wildman–Crippen MR) is 147 cm³/mol. The SMILES string of the molecule is O=C(NC[C@@H](O)[C@@H]1Cc2ccc(OCC3CNCO3)cc2CN1)c1ccc(C(=O)N2C3CCCC2COC3)cc1. The van der Waals surface area contributed by atoms with Crippen LogP contribution in [0.1, 0.15) is 51.1 Å². The summed E-state index contributed by atoms with van der Waals surface area (Å²) in [5.74, 6) is 0.534. The highest BCUT2D eigenvalue weighted by atomic mass is 16.5. The highest BCUT2D eigenvalue weighted by Gasteiger charge is 2.38. The lowest BCUT2D eigenvalue weighted by atomic mass is 9.92. The van der Waals surface area contributed by atoms with Crippen molar-refractivity contribution >= 4 is 11.8 Å². The molecular weight excluding hydrogens is 512 g/mol. The molecule has 4 heterocycles. The number of ether oxygens (including phenoxy) is 3. The fourth-order valence-electron chi connectivity index (χ4n) is 6.15. The highest BCUT2D eigenvalue weighted by molar-refractivity contribution is 5.98. The normalized spacial score (nSPS) is 26.6. The summed E-state index contributed by atoms with van der Waals surface area (Å²) in [5.41, 5.74) is 3.34. The first-order chi connectivity index (χ1) is 19.5. The van der Waals surface area contributed by atoms with Crippen LogP contribution in [0.5, 0.6) is 5.75 Å². The highest BCUT2D eigenvalue weighted by Crippen LogP contribution is 2.29. The van der Waals surface area contributed by atoms with Gasteiger partial charge in [-0.25, -0.2) is 0 Å². The lowest BCUT2D eigenvalue weighted by molar-refractivity contribution is -0.0565. The Hall–Kier alpha value is -3.02. The summed E-state index contributed by atoms with van der Waals surface area (Å²) in [6, 6.07) is 12.9. The Balaban J connectivity index is 0.985. The molecule has 2 aromatic rings. The summed E-state index contributed by atoms with van der Waals surface area (Å²) in [7, 11) is 0. The summed E-state index contributed by atoms with van der Waals surface area (Å²) in [5, 5.41) is 20.2. The minimum atomic E-state index is -0.748. The van der Waals surface area contributed by atoms with Gasteiger partial charge in [-0.05, 0) is 73.2 Å². The van der Waals surface area contributed by atoms with E-state index in [9.17, 15) is 14.7 Å². The second kappa shape index (κ2) is 12.2. The van der Waals surface area contributed by atoms with Crippen LogP contribution in [-0.2, 0) is 22.4 Å². The molecule has 2 amide bonds. The Labute approximate surface area is 234 Å². The second-order valence-corrected chi connectivity index (χ2v) is 11.2. The molecule has 0 saturated carbocycles. The van der Waals surface area contributed by atoms with Gasteiger partial charge in [0, 0.05) is 36.8 Å². The Morgan fingerprint density at radius 1 is 1.07 bits per heavy atom. The molecule has 2 bridgehead atoms. The number of nitrogens with zero attached hydrogens (tertiary/aromatic N) is 1. The van der Waals surface area contributed by atoms with Gasteiger partial charge in [0.15, 0.2) is 0 Å². The number of morpholine rings is 1. The van der Waals surface area contributed by atoms with Crippen molar-refractivity contribution in [2.24, 2.45) is 0 Å². The maximum atomic E-state index is 13.2. The number of amides is 2. The molecule has 0 aliphatic carbocycles. The predicted octanol–water partition coefficient (Wildman–Crippen LogP) is 1.21. The van der Waals surface area contributed by atoms with Gasteiger partial charge in [0.25, 0.3) is 11.8 Å². The van der Waals surface area contributed by atoms with E-state index in [0.717, 1.165) is 42.7 Å². The van der Waals surface area contributed by atoms with E-state index in [4.69, 9.17) is 14.2 Å². The Morgan fingerprint density at radius 3 is 2.60 bits per heavy atom. The molecule has 3 fully saturated rings. The van der Waals surface area contributed by atoms with Crippen LogP contribution in [0, 0.1) is 0 Å². The molecule has 40 heavy (non-hydrogen) atoms. The molecular formula is C30H38N4O6. The van der Waals surface area contributed by atoms with Crippen LogP contribution in [0.4, 0.5) is 0 Å². The van der Waals surface area contributed by atoms with E-state index in [1.54, 1.807) is 24.3 Å². The maximum absolute atomic E-state index is 13.2. The Bertz CT molecular complexity index is 1180. The molecule has 2 aromatic carbocycles. The zero-order chi connectivity index (χ0) is 27.5. The smallest absolute Gasteiger partial charge is 0.254 e. The van der Waals surface area contributed by atoms with E-state index >= 15 is 0 Å². The molecule has 4 N–H and O–H groups in total. The molecule has 10 nitrogen and oxygen atoms in total. The summed E-state index contributed by atoms with van der Waals surface area (Å²) >= 11 is 0. The third-order valence-electron chi connectivity index (χ3n) is 8.45. The molecule has 3 saturated heterocycles. The Kier molecular flexibility index (Phi) is 8.31. The number of carbonyl (C=O) groups excluding carboxylic acids is 2. The fourth-order valence-corrected chi connectivity index (χ4v) is 6.15. The number of hydrogen-bond acceptors (Lipinski definition) is 8. The van der Waals surface area contributed by atoms with E-state index in [0.29, 0.717) is 50.6 Å². The van der Waals surface area contributed by atoms with Crippen LogP contribution in [-0.4, -0.2) is 91.8 Å². The number of rotatable bonds is 8. The molecule has 214 valence electrons. The van der Waals surface area contributed by atoms with E-state index < -0.39 is 6.10 Å². The first kappa shape index (κ1) is 27.2. The average Bonchev–Trinajstić information content (AvgIpc) is 3.51. The van der Waals surface area contributed by atoms with Crippen molar-refractivity contribution < 1.29 is 28.9 Å². The van der Waals surface area contributed by atoms with E-state index in [-0.39, 0.29) is 42.6 Å². The number of aliphatic hydroxyl groups excluding tert-OH is 1. The number of fused-ring (bicyclic) bond motifs is 3. The summed E-state index contributed by atoms with van der Waals surface area (Å²) in [6.45, 7) is 3.80. The lowest BCUT2D eigenvalue weighted by Gasteiger charge is -2.45. The summed E-state index contributed by atoms with van der Waals surface area (Å²) in [4.78, 5) is 28.0. The lowest BCUT2D eigenvalue weighted by Crippen LogP contribution is -2.57. The van der Waals surface area contributed by atoms with Crippen LogP contribution < -0.4 is 20.7 Å². The number of benzene rings is 2. The van der Waals surface area contributed by atoms with Gasteiger partial charge >= 0.3 is 0 Å². The first-order valence-electron chi connectivity index (χ1n) is 14.3. The number of nitrogens with one attached hydrogen (secondary N) is 3. The molecule has 0 aromatic heterocycles. The van der Waals surface area contributed by atoms with Gasteiger partial charge in [-0.3, -0.25) is 14.9 Å². The van der Waals surface area contributed by atoms with Crippen molar-refractivity contribution in [3.05, 3.63) is 64.7 Å². The fraction of sp³-hybridized carbons (Fsp3) is 0.533. The topological polar surface area (TPSA) is 121 Å². The van der Waals surface area contributed by atoms with Crippen LogP contribution in [0.3, 0.4) is 0 Å². The van der Waals surface area contributed by atoms with E-state index in [1.165, 1.54) is 0 Å². The number of aliphatic hydroxyl groups is 1. The largest absolute Gasteiger partial charge is 0.491 e. The second-order valence-electron chi connectivity index (χ2n) is 11.2. The number of carbonyl (C=O) groups is 2. The molecule has 4 aliphatic heterocycles. The number of hydrogen-bond donors (Lipinski definition) is 4. The number of piperidine rings is 1. The first-order valence-corrected chi connectivity index (χ1v) is 14.3. The molecule has 5 atom stereocenters. The molecule has 10 heteroatoms. The van der Waals surface area contributed by atoms with Crippen molar-refractivity contribution in [2.75, 3.05) is 39.6 Å². The third kappa shape index (κ3) is 6.01. The quantitative estimate of drug-likeness (QED) is 0.387. The van der Waals surface area contributed by atoms with Gasteiger partial charge < -0.3 is 34.9 Å². The van der Waals surface area contributed by atoms with Gasteiger partial charge in [0.1, 0.15) is 18.5 Å². The Morgan fingerprint density at radius 2 is 1.85 bits per heavy atom. The molecule has 3 unspecified atom stereocenters. The van der Waals surface area contributed by atoms with Gasteiger partial charge in [-0.15, -0.1) is 0 Å². The summed E-state index contributed by atoms with van der Waals surface area (Å²) < 4.78 is 17.1. The van der Waals surface area contributed by atoms with E-state index in [2.05, 4.69) is 16.0 Å². The van der Waals surface area contributed by atoms with Crippen LogP contribution in [0.2, 0.25) is 0 Å². The molecule has 6 rings (SSSR count). The van der Waals surface area contributed by atoms with Crippen molar-refractivity contribution in [1.82, 2.24) is 20.9 Å². The zero-order valence-electron chi connectivity index (χ0n) is 22.6.